The quantitative estimate of drug-likeness (QED) is 0.817. The molecular weight excluding hydrogens is 378 g/mol. The van der Waals surface area contributed by atoms with Gasteiger partial charge >= 0.3 is 0 Å². The first-order valence-corrected chi connectivity index (χ1v) is 10.5. The van der Waals surface area contributed by atoms with E-state index in [-0.39, 0.29) is 30.6 Å². The topological polar surface area (TPSA) is 69.7 Å². The van der Waals surface area contributed by atoms with E-state index in [4.69, 9.17) is 0 Å². The summed E-state index contributed by atoms with van der Waals surface area (Å²) in [5.41, 5.74) is 2.40. The summed E-state index contributed by atoms with van der Waals surface area (Å²) in [4.78, 5) is 43.4. The van der Waals surface area contributed by atoms with Crippen molar-refractivity contribution in [3.8, 4) is 0 Å². The molecule has 6 nitrogen and oxygen atoms in total. The van der Waals surface area contributed by atoms with Crippen LogP contribution in [-0.2, 0) is 9.59 Å². The SMILES string of the molecule is CCCCN1C(=O)c2ccccc2N2C(=O)CC[C@]12C(=O)Nc1cccc(C)c1C. The number of hydrogen-bond donors (Lipinski definition) is 1. The van der Waals surface area contributed by atoms with Crippen molar-refractivity contribution in [2.75, 3.05) is 16.8 Å². The van der Waals surface area contributed by atoms with Crippen LogP contribution in [0.15, 0.2) is 42.5 Å². The van der Waals surface area contributed by atoms with Crippen LogP contribution in [0.25, 0.3) is 0 Å². The van der Waals surface area contributed by atoms with Gasteiger partial charge in [-0.05, 0) is 49.6 Å². The first-order chi connectivity index (χ1) is 14.4. The minimum absolute atomic E-state index is 0.132. The molecule has 4 rings (SSSR count). The van der Waals surface area contributed by atoms with Gasteiger partial charge in [-0.1, -0.05) is 37.6 Å². The molecule has 0 radical (unpaired) electrons. The van der Waals surface area contributed by atoms with Crippen LogP contribution in [0.4, 0.5) is 11.4 Å². The van der Waals surface area contributed by atoms with Gasteiger partial charge in [-0.3, -0.25) is 19.3 Å². The maximum Gasteiger partial charge on any atom is 0.271 e. The highest BCUT2D eigenvalue weighted by Gasteiger charge is 2.60. The standard InChI is InChI=1S/C24H27N3O3/c1-4-5-15-26-22(29)18-10-6-7-12-20(18)27-21(28)13-14-24(26,27)23(30)25-19-11-8-9-16(2)17(19)3/h6-12H,4-5,13-15H2,1-3H3,(H,25,30)/t24-/m0/s1. The maximum absolute atomic E-state index is 13.8. The fourth-order valence-electron chi connectivity index (χ4n) is 4.51. The van der Waals surface area contributed by atoms with E-state index in [1.807, 2.05) is 39.0 Å². The first kappa shape index (κ1) is 20.1. The summed E-state index contributed by atoms with van der Waals surface area (Å²) in [6.07, 6.45) is 2.15. The number of unbranched alkanes of at least 4 members (excludes halogenated alkanes) is 1. The molecule has 30 heavy (non-hydrogen) atoms. The fourth-order valence-corrected chi connectivity index (χ4v) is 4.51. The van der Waals surface area contributed by atoms with Gasteiger partial charge in [0.05, 0.1) is 11.3 Å². The Morgan fingerprint density at radius 2 is 1.87 bits per heavy atom. The van der Waals surface area contributed by atoms with E-state index in [2.05, 4.69) is 5.32 Å². The summed E-state index contributed by atoms with van der Waals surface area (Å²) in [7, 11) is 0. The van der Waals surface area contributed by atoms with Crippen LogP contribution in [-0.4, -0.2) is 34.8 Å². The summed E-state index contributed by atoms with van der Waals surface area (Å²) in [5.74, 6) is -0.658. The molecular formula is C24H27N3O3. The van der Waals surface area contributed by atoms with Crippen molar-refractivity contribution >= 4 is 29.1 Å². The van der Waals surface area contributed by atoms with Crippen LogP contribution in [0.3, 0.4) is 0 Å². The highest BCUT2D eigenvalue weighted by atomic mass is 16.2. The number of benzene rings is 2. The predicted octanol–water partition coefficient (Wildman–Crippen LogP) is 4.02. The number of fused-ring (bicyclic) bond motifs is 3. The van der Waals surface area contributed by atoms with Gasteiger partial charge in [0.2, 0.25) is 11.6 Å². The molecule has 6 heteroatoms. The Hall–Kier alpha value is -3.15. The van der Waals surface area contributed by atoms with Gasteiger partial charge in [0.1, 0.15) is 0 Å². The van der Waals surface area contributed by atoms with E-state index in [0.717, 1.165) is 24.0 Å². The normalized spacial score (nSPS) is 20.2. The van der Waals surface area contributed by atoms with Crippen molar-refractivity contribution in [1.29, 1.82) is 0 Å². The molecule has 2 aliphatic rings. The molecule has 0 aliphatic carbocycles. The third-order valence-corrected chi connectivity index (χ3v) is 6.33. The molecule has 156 valence electrons. The minimum atomic E-state index is -1.34. The highest BCUT2D eigenvalue weighted by Crippen LogP contribution is 2.45. The Labute approximate surface area is 176 Å². The lowest BCUT2D eigenvalue weighted by Gasteiger charge is -2.49. The average molecular weight is 405 g/mol. The van der Waals surface area contributed by atoms with Crippen LogP contribution in [0, 0.1) is 13.8 Å². The zero-order chi connectivity index (χ0) is 21.5. The summed E-state index contributed by atoms with van der Waals surface area (Å²) >= 11 is 0. The van der Waals surface area contributed by atoms with E-state index in [1.54, 1.807) is 34.1 Å². The number of hydrogen-bond acceptors (Lipinski definition) is 3. The Bertz CT molecular complexity index is 1030. The van der Waals surface area contributed by atoms with E-state index in [1.165, 1.54) is 0 Å². The van der Waals surface area contributed by atoms with Gasteiger partial charge in [0.15, 0.2) is 0 Å². The molecule has 0 unspecified atom stereocenters. The first-order valence-electron chi connectivity index (χ1n) is 10.5. The van der Waals surface area contributed by atoms with E-state index in [0.29, 0.717) is 23.5 Å². The zero-order valence-electron chi connectivity index (χ0n) is 17.7. The molecule has 1 N–H and O–H groups in total. The zero-order valence-corrected chi connectivity index (χ0v) is 17.7. The summed E-state index contributed by atoms with van der Waals surface area (Å²) in [6, 6.07) is 12.8. The van der Waals surface area contributed by atoms with Crippen LogP contribution < -0.4 is 10.2 Å². The van der Waals surface area contributed by atoms with Crippen LogP contribution >= 0.6 is 0 Å². The van der Waals surface area contributed by atoms with Gasteiger partial charge < -0.3 is 10.2 Å². The van der Waals surface area contributed by atoms with Gasteiger partial charge in [-0.2, -0.15) is 0 Å². The monoisotopic (exact) mass is 405 g/mol. The summed E-state index contributed by atoms with van der Waals surface area (Å²) in [5, 5.41) is 3.03. The van der Waals surface area contributed by atoms with Gasteiger partial charge in [0.25, 0.3) is 11.8 Å². The van der Waals surface area contributed by atoms with E-state index >= 15 is 0 Å². The number of rotatable bonds is 5. The fraction of sp³-hybridized carbons (Fsp3) is 0.375. The number of carbonyl (C=O) groups excluding carboxylic acids is 3. The minimum Gasteiger partial charge on any atom is -0.322 e. The number of nitrogens with zero attached hydrogens (tertiary/aromatic N) is 2. The number of para-hydroxylation sites is 1. The molecule has 1 fully saturated rings. The molecule has 0 bridgehead atoms. The third kappa shape index (κ3) is 2.90. The number of nitrogens with one attached hydrogen (secondary N) is 1. The molecule has 1 saturated heterocycles. The second kappa shape index (κ2) is 7.59. The number of carbonyl (C=O) groups is 3. The van der Waals surface area contributed by atoms with Crippen LogP contribution in [0.5, 0.6) is 0 Å². The molecule has 0 spiro atoms. The van der Waals surface area contributed by atoms with Crippen molar-refractivity contribution in [2.24, 2.45) is 0 Å². The van der Waals surface area contributed by atoms with Crippen LogP contribution in [0.1, 0.15) is 54.1 Å². The number of amides is 3. The Morgan fingerprint density at radius 3 is 2.63 bits per heavy atom. The smallest absolute Gasteiger partial charge is 0.271 e. The molecule has 2 aromatic rings. The van der Waals surface area contributed by atoms with Crippen molar-refractivity contribution < 1.29 is 14.4 Å². The molecule has 1 atom stereocenters. The van der Waals surface area contributed by atoms with Gasteiger partial charge in [-0.25, -0.2) is 0 Å². The predicted molar refractivity (Wildman–Crippen MR) is 116 cm³/mol. The van der Waals surface area contributed by atoms with Gasteiger partial charge in [0, 0.05) is 25.1 Å². The second-order valence-electron chi connectivity index (χ2n) is 8.07. The summed E-state index contributed by atoms with van der Waals surface area (Å²) < 4.78 is 0. The largest absolute Gasteiger partial charge is 0.322 e. The lowest BCUT2D eigenvalue weighted by molar-refractivity contribution is -0.129. The van der Waals surface area contributed by atoms with Crippen molar-refractivity contribution in [1.82, 2.24) is 4.90 Å². The molecule has 2 aromatic carbocycles. The van der Waals surface area contributed by atoms with Crippen molar-refractivity contribution in [3.63, 3.8) is 0 Å². The second-order valence-corrected chi connectivity index (χ2v) is 8.07. The van der Waals surface area contributed by atoms with Crippen LogP contribution in [0.2, 0.25) is 0 Å². The third-order valence-electron chi connectivity index (χ3n) is 6.33. The number of anilines is 2. The Balaban J connectivity index is 1.84. The van der Waals surface area contributed by atoms with E-state index < -0.39 is 5.66 Å². The number of aryl methyl sites for hydroxylation is 1. The lowest BCUT2D eigenvalue weighted by Crippen LogP contribution is -2.69. The lowest BCUT2D eigenvalue weighted by atomic mass is 9.94. The highest BCUT2D eigenvalue weighted by molar-refractivity contribution is 6.18. The molecule has 2 aliphatic heterocycles. The van der Waals surface area contributed by atoms with Crippen molar-refractivity contribution in [3.05, 3.63) is 59.2 Å². The molecule has 2 heterocycles. The van der Waals surface area contributed by atoms with Crippen molar-refractivity contribution in [2.45, 2.75) is 52.1 Å². The molecule has 0 saturated carbocycles. The maximum atomic E-state index is 13.8. The Kier molecular flexibility index (Phi) is 5.10. The van der Waals surface area contributed by atoms with E-state index in [9.17, 15) is 14.4 Å². The summed E-state index contributed by atoms with van der Waals surface area (Å²) in [6.45, 7) is 6.41. The Morgan fingerprint density at radius 1 is 1.10 bits per heavy atom. The molecule has 3 amide bonds. The average Bonchev–Trinajstić information content (AvgIpc) is 3.10. The molecule has 0 aromatic heterocycles. The van der Waals surface area contributed by atoms with Gasteiger partial charge in [-0.15, -0.1) is 0 Å².